The lowest BCUT2D eigenvalue weighted by Gasteiger charge is -2.07. The number of aromatic nitrogens is 4. The summed E-state index contributed by atoms with van der Waals surface area (Å²) in [5.41, 5.74) is 0.616. The quantitative estimate of drug-likeness (QED) is 0.796. The molecule has 3 aromatic heterocycles. The fraction of sp³-hybridized carbons (Fsp3) is 0.250. The average molecular weight is 277 g/mol. The zero-order chi connectivity index (χ0) is 13.2. The van der Waals surface area contributed by atoms with E-state index in [1.165, 1.54) is 16.8 Å². The van der Waals surface area contributed by atoms with E-state index < -0.39 is 0 Å². The Morgan fingerprint density at radius 2 is 2.37 bits per heavy atom. The van der Waals surface area contributed by atoms with E-state index >= 15 is 0 Å². The smallest absolute Gasteiger partial charge is 0.243 e. The molecule has 19 heavy (non-hydrogen) atoms. The number of anilines is 1. The summed E-state index contributed by atoms with van der Waals surface area (Å²) in [6, 6.07) is 2.96. The zero-order valence-corrected chi connectivity index (χ0v) is 11.1. The Hall–Kier alpha value is -2.02. The summed E-state index contributed by atoms with van der Waals surface area (Å²) in [5.74, 6) is 0.442. The molecule has 0 aliphatic carbocycles. The number of fused-ring (bicyclic) bond motifs is 1. The van der Waals surface area contributed by atoms with Gasteiger partial charge in [-0.3, -0.25) is 0 Å². The number of nitrogens with zero attached hydrogens (tertiary/aromatic N) is 4. The first kappa shape index (κ1) is 12.0. The summed E-state index contributed by atoms with van der Waals surface area (Å²) >= 11 is 1.63. The highest BCUT2D eigenvalue weighted by Gasteiger charge is 2.10. The molecule has 5 nitrogen and oxygen atoms in total. The molecule has 0 amide bonds. The van der Waals surface area contributed by atoms with Crippen LogP contribution in [0, 0.1) is 5.82 Å². The first-order chi connectivity index (χ1) is 9.22. The molecule has 3 aromatic rings. The van der Waals surface area contributed by atoms with Gasteiger partial charge in [0.25, 0.3) is 0 Å². The van der Waals surface area contributed by atoms with Crippen molar-refractivity contribution in [2.75, 3.05) is 11.9 Å². The highest BCUT2D eigenvalue weighted by atomic mass is 32.1. The van der Waals surface area contributed by atoms with E-state index in [-0.39, 0.29) is 11.7 Å². The zero-order valence-electron chi connectivity index (χ0n) is 10.2. The molecule has 98 valence electrons. The molecule has 1 N–H and O–H groups in total. The van der Waals surface area contributed by atoms with Gasteiger partial charge in [-0.05, 0) is 12.1 Å². The summed E-state index contributed by atoms with van der Waals surface area (Å²) < 4.78 is 14.5. The maximum atomic E-state index is 13.0. The number of nitrogens with one attached hydrogen (secondary N) is 1. The second-order valence-corrected chi connectivity index (χ2v) is 5.16. The Labute approximate surface area is 113 Å². The number of hydrogen-bond donors (Lipinski definition) is 1. The molecule has 0 bridgehead atoms. The molecule has 1 atom stereocenters. The van der Waals surface area contributed by atoms with Crippen molar-refractivity contribution in [2.24, 2.45) is 0 Å². The van der Waals surface area contributed by atoms with Crippen LogP contribution in [0.1, 0.15) is 17.8 Å². The Morgan fingerprint density at radius 1 is 1.47 bits per heavy atom. The molecule has 0 fully saturated rings. The topological polar surface area (TPSA) is 55.1 Å². The summed E-state index contributed by atoms with van der Waals surface area (Å²) in [7, 11) is 0. The molecule has 0 radical (unpaired) electrons. The van der Waals surface area contributed by atoms with E-state index in [9.17, 15) is 4.39 Å². The Morgan fingerprint density at radius 3 is 3.16 bits per heavy atom. The second-order valence-electron chi connectivity index (χ2n) is 4.24. The van der Waals surface area contributed by atoms with E-state index in [1.807, 2.05) is 5.38 Å². The fourth-order valence-corrected chi connectivity index (χ4v) is 2.44. The van der Waals surface area contributed by atoms with Crippen LogP contribution in [0.15, 0.2) is 29.9 Å². The molecule has 0 saturated carbocycles. The standard InChI is InChI=1S/C12H12FN5S/c1-8(11-14-4-5-19-11)6-15-12-16-10-3-2-9(13)7-18(10)17-12/h2-5,7-8H,6H2,1H3,(H,15,17). The van der Waals surface area contributed by atoms with Crippen LogP contribution >= 0.6 is 11.3 Å². The van der Waals surface area contributed by atoms with Gasteiger partial charge in [-0.15, -0.1) is 16.4 Å². The fourth-order valence-electron chi connectivity index (χ4n) is 1.74. The molecular weight excluding hydrogens is 265 g/mol. The van der Waals surface area contributed by atoms with Crippen LogP contribution in [-0.4, -0.2) is 26.1 Å². The largest absolute Gasteiger partial charge is 0.352 e. The molecule has 0 aromatic carbocycles. The van der Waals surface area contributed by atoms with Crippen LogP contribution in [0.3, 0.4) is 0 Å². The van der Waals surface area contributed by atoms with Gasteiger partial charge in [-0.25, -0.2) is 13.9 Å². The van der Waals surface area contributed by atoms with Crippen molar-refractivity contribution in [2.45, 2.75) is 12.8 Å². The third-order valence-electron chi connectivity index (χ3n) is 2.73. The van der Waals surface area contributed by atoms with Gasteiger partial charge in [0, 0.05) is 24.0 Å². The number of halogens is 1. The Balaban J connectivity index is 1.71. The van der Waals surface area contributed by atoms with Gasteiger partial charge < -0.3 is 5.32 Å². The van der Waals surface area contributed by atoms with Crippen molar-refractivity contribution < 1.29 is 4.39 Å². The average Bonchev–Trinajstić information content (AvgIpc) is 3.04. The van der Waals surface area contributed by atoms with E-state index in [4.69, 9.17) is 0 Å². The maximum Gasteiger partial charge on any atom is 0.243 e. The van der Waals surface area contributed by atoms with Crippen molar-refractivity contribution in [1.29, 1.82) is 0 Å². The predicted molar refractivity (Wildman–Crippen MR) is 72.0 cm³/mol. The molecule has 0 aliphatic heterocycles. The third kappa shape index (κ3) is 2.55. The minimum Gasteiger partial charge on any atom is -0.352 e. The van der Waals surface area contributed by atoms with Gasteiger partial charge in [0.05, 0.1) is 11.2 Å². The van der Waals surface area contributed by atoms with E-state index in [0.717, 1.165) is 5.01 Å². The monoisotopic (exact) mass is 277 g/mol. The summed E-state index contributed by atoms with van der Waals surface area (Å²) in [6.45, 7) is 2.77. The van der Waals surface area contributed by atoms with E-state index in [1.54, 1.807) is 23.6 Å². The Kier molecular flexibility index (Phi) is 3.12. The van der Waals surface area contributed by atoms with E-state index in [0.29, 0.717) is 18.1 Å². The highest BCUT2D eigenvalue weighted by molar-refractivity contribution is 7.09. The first-order valence-corrected chi connectivity index (χ1v) is 6.75. The van der Waals surface area contributed by atoms with Gasteiger partial charge in [-0.1, -0.05) is 6.92 Å². The molecule has 0 spiro atoms. The molecule has 0 aliphatic rings. The van der Waals surface area contributed by atoms with Crippen LogP contribution in [0.2, 0.25) is 0 Å². The number of pyridine rings is 1. The van der Waals surface area contributed by atoms with Crippen LogP contribution in [-0.2, 0) is 0 Å². The molecule has 0 saturated heterocycles. The third-order valence-corrected chi connectivity index (χ3v) is 3.74. The van der Waals surface area contributed by atoms with Gasteiger partial charge in [0.2, 0.25) is 5.95 Å². The van der Waals surface area contributed by atoms with Gasteiger partial charge in [0.15, 0.2) is 5.65 Å². The summed E-state index contributed by atoms with van der Waals surface area (Å²) in [6.07, 6.45) is 3.10. The lowest BCUT2D eigenvalue weighted by molar-refractivity contribution is 0.614. The van der Waals surface area contributed by atoms with Crippen LogP contribution in [0.4, 0.5) is 10.3 Å². The molecule has 3 heterocycles. The number of rotatable bonds is 4. The summed E-state index contributed by atoms with van der Waals surface area (Å²) in [4.78, 5) is 8.53. The predicted octanol–water partition coefficient (Wildman–Crippen LogP) is 2.54. The normalized spacial score (nSPS) is 12.7. The van der Waals surface area contributed by atoms with Crippen LogP contribution in [0.5, 0.6) is 0 Å². The van der Waals surface area contributed by atoms with Gasteiger partial charge >= 0.3 is 0 Å². The molecular formula is C12H12FN5S. The van der Waals surface area contributed by atoms with Crippen molar-refractivity contribution in [1.82, 2.24) is 19.6 Å². The van der Waals surface area contributed by atoms with Gasteiger partial charge in [-0.2, -0.15) is 4.98 Å². The highest BCUT2D eigenvalue weighted by Crippen LogP contribution is 2.17. The molecule has 7 heteroatoms. The maximum absolute atomic E-state index is 13.0. The lowest BCUT2D eigenvalue weighted by atomic mass is 10.2. The lowest BCUT2D eigenvalue weighted by Crippen LogP contribution is -2.10. The van der Waals surface area contributed by atoms with Crippen molar-refractivity contribution in [3.8, 4) is 0 Å². The SMILES string of the molecule is CC(CNc1nc2ccc(F)cn2n1)c1nccs1. The summed E-state index contributed by atoms with van der Waals surface area (Å²) in [5, 5.41) is 10.3. The van der Waals surface area contributed by atoms with Gasteiger partial charge in [0.1, 0.15) is 5.82 Å². The minimum atomic E-state index is -0.333. The van der Waals surface area contributed by atoms with Crippen LogP contribution in [0.25, 0.3) is 5.65 Å². The number of hydrogen-bond acceptors (Lipinski definition) is 5. The van der Waals surface area contributed by atoms with E-state index in [2.05, 4.69) is 27.3 Å². The molecule has 1 unspecified atom stereocenters. The van der Waals surface area contributed by atoms with Crippen molar-refractivity contribution >= 4 is 22.9 Å². The minimum absolute atomic E-state index is 0.281. The van der Waals surface area contributed by atoms with Crippen molar-refractivity contribution in [3.05, 3.63) is 40.7 Å². The number of thiazole rings is 1. The van der Waals surface area contributed by atoms with Crippen molar-refractivity contribution in [3.63, 3.8) is 0 Å². The van der Waals surface area contributed by atoms with Crippen LogP contribution < -0.4 is 5.32 Å². The molecule has 3 rings (SSSR count). The first-order valence-electron chi connectivity index (χ1n) is 5.87. The second kappa shape index (κ2) is 4.93. The Bertz CT molecular complexity index is 679.